The Kier molecular flexibility index (Phi) is 4.67. The standard InChI is InChI=1S/C11H15BrN2O2S3/c1-7-6-9(18-10(7)12)19(15,16)14-5-3-2-4-8(14)11(13)17/h6,8H,2-5H2,1H3,(H2,13,17). The van der Waals surface area contributed by atoms with Crippen molar-refractivity contribution >= 4 is 54.5 Å². The van der Waals surface area contributed by atoms with Crippen LogP contribution in [0.5, 0.6) is 0 Å². The summed E-state index contributed by atoms with van der Waals surface area (Å²) in [4.78, 5) is 0.260. The van der Waals surface area contributed by atoms with Gasteiger partial charge in [-0.15, -0.1) is 11.3 Å². The van der Waals surface area contributed by atoms with Gasteiger partial charge in [-0.05, 0) is 47.3 Å². The van der Waals surface area contributed by atoms with E-state index in [1.807, 2.05) is 6.92 Å². The average molecular weight is 383 g/mol. The monoisotopic (exact) mass is 382 g/mol. The fraction of sp³-hybridized carbons (Fsp3) is 0.545. The molecule has 4 nitrogen and oxygen atoms in total. The van der Waals surface area contributed by atoms with E-state index < -0.39 is 10.0 Å². The van der Waals surface area contributed by atoms with Gasteiger partial charge in [0.2, 0.25) is 0 Å². The molecular formula is C11H15BrN2O2S3. The summed E-state index contributed by atoms with van der Waals surface area (Å²) in [6.07, 6.45) is 2.52. The highest BCUT2D eigenvalue weighted by molar-refractivity contribution is 9.11. The first kappa shape index (κ1) is 15.4. The zero-order chi connectivity index (χ0) is 14.2. The van der Waals surface area contributed by atoms with Crippen LogP contribution in [0.3, 0.4) is 0 Å². The SMILES string of the molecule is Cc1cc(S(=O)(=O)N2CCCCC2C(N)=S)sc1Br. The van der Waals surface area contributed by atoms with Gasteiger partial charge >= 0.3 is 0 Å². The Morgan fingerprint density at radius 1 is 1.58 bits per heavy atom. The Balaban J connectivity index is 2.39. The van der Waals surface area contributed by atoms with E-state index in [0.717, 1.165) is 22.2 Å². The topological polar surface area (TPSA) is 63.4 Å². The molecule has 8 heteroatoms. The number of hydrogen-bond acceptors (Lipinski definition) is 4. The number of thiocarbonyl (C=S) groups is 1. The molecule has 1 unspecified atom stereocenters. The molecule has 0 amide bonds. The summed E-state index contributed by atoms with van der Waals surface area (Å²) in [5, 5.41) is 0. The highest BCUT2D eigenvalue weighted by Crippen LogP contribution is 2.34. The third-order valence-corrected chi connectivity index (χ3v) is 7.95. The highest BCUT2D eigenvalue weighted by Gasteiger charge is 2.36. The van der Waals surface area contributed by atoms with Crippen LogP contribution < -0.4 is 5.73 Å². The van der Waals surface area contributed by atoms with Crippen LogP contribution >= 0.6 is 39.5 Å². The van der Waals surface area contributed by atoms with Crippen LogP contribution in [0.1, 0.15) is 24.8 Å². The molecule has 0 aliphatic carbocycles. The summed E-state index contributed by atoms with van der Waals surface area (Å²) in [7, 11) is -3.50. The number of hydrogen-bond donors (Lipinski definition) is 1. The summed E-state index contributed by atoms with van der Waals surface area (Å²) in [6.45, 7) is 2.36. The molecule has 0 saturated carbocycles. The van der Waals surface area contributed by atoms with Crippen LogP contribution in [0.25, 0.3) is 0 Å². The molecule has 106 valence electrons. The minimum absolute atomic E-state index is 0.260. The molecule has 2 heterocycles. The molecule has 1 saturated heterocycles. The molecule has 1 aromatic heterocycles. The number of halogens is 1. The van der Waals surface area contributed by atoms with Crippen LogP contribution in [-0.4, -0.2) is 30.3 Å². The van der Waals surface area contributed by atoms with Crippen LogP contribution in [-0.2, 0) is 10.0 Å². The largest absolute Gasteiger partial charge is 0.392 e. The lowest BCUT2D eigenvalue weighted by Crippen LogP contribution is -2.49. The second kappa shape index (κ2) is 5.77. The van der Waals surface area contributed by atoms with Crippen molar-refractivity contribution in [2.75, 3.05) is 6.54 Å². The van der Waals surface area contributed by atoms with Crippen LogP contribution in [0.2, 0.25) is 0 Å². The molecule has 1 fully saturated rings. The summed E-state index contributed by atoms with van der Waals surface area (Å²) >= 11 is 9.60. The van der Waals surface area contributed by atoms with E-state index in [9.17, 15) is 8.42 Å². The molecule has 1 aliphatic rings. The zero-order valence-electron chi connectivity index (χ0n) is 10.4. The number of aryl methyl sites for hydroxylation is 1. The van der Waals surface area contributed by atoms with Gasteiger partial charge in [-0.1, -0.05) is 18.6 Å². The smallest absolute Gasteiger partial charge is 0.253 e. The number of thiophene rings is 1. The maximum atomic E-state index is 12.7. The van der Waals surface area contributed by atoms with E-state index in [4.69, 9.17) is 18.0 Å². The third kappa shape index (κ3) is 3.02. The summed E-state index contributed by atoms with van der Waals surface area (Å²) in [5.41, 5.74) is 6.61. The minimum Gasteiger partial charge on any atom is -0.392 e. The Morgan fingerprint density at radius 3 is 2.79 bits per heavy atom. The third-order valence-electron chi connectivity index (χ3n) is 3.18. The van der Waals surface area contributed by atoms with Gasteiger partial charge in [-0.2, -0.15) is 4.31 Å². The molecule has 0 bridgehead atoms. The lowest BCUT2D eigenvalue weighted by Gasteiger charge is -2.33. The van der Waals surface area contributed by atoms with E-state index in [1.54, 1.807) is 6.07 Å². The number of nitrogens with two attached hydrogens (primary N) is 1. The van der Waals surface area contributed by atoms with Crippen molar-refractivity contribution in [2.45, 2.75) is 36.4 Å². The zero-order valence-corrected chi connectivity index (χ0v) is 14.5. The quantitative estimate of drug-likeness (QED) is 0.816. The first-order valence-electron chi connectivity index (χ1n) is 5.91. The van der Waals surface area contributed by atoms with Gasteiger partial charge in [0.15, 0.2) is 0 Å². The molecule has 0 radical (unpaired) electrons. The van der Waals surface area contributed by atoms with E-state index in [0.29, 0.717) is 17.2 Å². The van der Waals surface area contributed by atoms with Crippen molar-refractivity contribution in [3.05, 3.63) is 15.4 Å². The lowest BCUT2D eigenvalue weighted by molar-refractivity contribution is 0.307. The van der Waals surface area contributed by atoms with E-state index in [2.05, 4.69) is 15.9 Å². The lowest BCUT2D eigenvalue weighted by atomic mass is 10.1. The van der Waals surface area contributed by atoms with Gasteiger partial charge in [-0.25, -0.2) is 8.42 Å². The van der Waals surface area contributed by atoms with Gasteiger partial charge in [0, 0.05) is 6.54 Å². The van der Waals surface area contributed by atoms with Crippen LogP contribution in [0.15, 0.2) is 14.1 Å². The summed E-state index contributed by atoms with van der Waals surface area (Å²) in [5.74, 6) is 0. The molecule has 1 aromatic rings. The predicted molar refractivity (Wildman–Crippen MR) is 85.1 cm³/mol. The number of sulfonamides is 1. The fourth-order valence-corrected chi connectivity index (χ4v) is 6.49. The normalized spacial score (nSPS) is 21.5. The Labute approximate surface area is 131 Å². The second-order valence-corrected chi connectivity index (χ2v) is 9.51. The maximum absolute atomic E-state index is 12.7. The van der Waals surface area contributed by atoms with E-state index >= 15 is 0 Å². The summed E-state index contributed by atoms with van der Waals surface area (Å²) < 4.78 is 28.0. The molecule has 0 spiro atoms. The van der Waals surface area contributed by atoms with Gasteiger partial charge in [0.1, 0.15) is 4.21 Å². The first-order chi connectivity index (χ1) is 8.84. The molecule has 1 atom stereocenters. The minimum atomic E-state index is -3.50. The second-order valence-electron chi connectivity index (χ2n) is 4.55. The van der Waals surface area contributed by atoms with Crippen LogP contribution in [0.4, 0.5) is 0 Å². The van der Waals surface area contributed by atoms with E-state index in [1.165, 1.54) is 15.6 Å². The molecule has 19 heavy (non-hydrogen) atoms. The maximum Gasteiger partial charge on any atom is 0.253 e. The number of piperidine rings is 1. The number of nitrogens with zero attached hydrogens (tertiary/aromatic N) is 1. The van der Waals surface area contributed by atoms with Crippen molar-refractivity contribution in [1.29, 1.82) is 0 Å². The molecule has 1 aliphatic heterocycles. The van der Waals surface area contributed by atoms with Crippen LogP contribution in [0, 0.1) is 6.92 Å². The molecule has 2 N–H and O–H groups in total. The van der Waals surface area contributed by atoms with E-state index in [-0.39, 0.29) is 11.0 Å². The van der Waals surface area contributed by atoms with Gasteiger partial charge in [0.25, 0.3) is 10.0 Å². The predicted octanol–water partition coefficient (Wildman–Crippen LogP) is 2.65. The average Bonchev–Trinajstić information content (AvgIpc) is 2.70. The highest BCUT2D eigenvalue weighted by atomic mass is 79.9. The van der Waals surface area contributed by atoms with Crippen molar-refractivity contribution in [3.8, 4) is 0 Å². The van der Waals surface area contributed by atoms with Crippen molar-refractivity contribution in [3.63, 3.8) is 0 Å². The van der Waals surface area contributed by atoms with Gasteiger partial charge in [0.05, 0.1) is 14.8 Å². The Morgan fingerprint density at radius 2 is 2.26 bits per heavy atom. The Bertz CT molecular complexity index is 578. The molecule has 2 rings (SSSR count). The molecule has 0 aromatic carbocycles. The number of rotatable bonds is 3. The van der Waals surface area contributed by atoms with Gasteiger partial charge < -0.3 is 5.73 Å². The molecular weight excluding hydrogens is 368 g/mol. The van der Waals surface area contributed by atoms with Crippen molar-refractivity contribution in [1.82, 2.24) is 4.31 Å². The first-order valence-corrected chi connectivity index (χ1v) is 9.37. The summed E-state index contributed by atoms with van der Waals surface area (Å²) in [6, 6.07) is 1.34. The van der Waals surface area contributed by atoms with Crippen molar-refractivity contribution < 1.29 is 8.42 Å². The fourth-order valence-electron chi connectivity index (χ4n) is 2.15. The Hall–Kier alpha value is -0.0200. The van der Waals surface area contributed by atoms with Crippen molar-refractivity contribution in [2.24, 2.45) is 5.73 Å². The van der Waals surface area contributed by atoms with Gasteiger partial charge in [-0.3, -0.25) is 0 Å².